The maximum absolute atomic E-state index is 12.5. The molecule has 1 aliphatic heterocycles. The van der Waals surface area contributed by atoms with Gasteiger partial charge >= 0.3 is 18.0 Å². The summed E-state index contributed by atoms with van der Waals surface area (Å²) in [6, 6.07) is 16.0. The van der Waals surface area contributed by atoms with Crippen LogP contribution >= 0.6 is 0 Å². The van der Waals surface area contributed by atoms with E-state index in [9.17, 15) is 14.4 Å². The number of ether oxygens (including phenoxy) is 3. The van der Waals surface area contributed by atoms with Gasteiger partial charge in [-0.1, -0.05) is 36.4 Å². The van der Waals surface area contributed by atoms with Crippen molar-refractivity contribution in [2.45, 2.75) is 24.9 Å². The third-order valence-electron chi connectivity index (χ3n) is 4.37. The van der Waals surface area contributed by atoms with E-state index in [0.717, 1.165) is 0 Å². The summed E-state index contributed by atoms with van der Waals surface area (Å²) in [5.74, 6) is -1.52. The fourth-order valence-corrected chi connectivity index (χ4v) is 2.96. The molecule has 10 heteroatoms. The lowest BCUT2D eigenvalue weighted by molar-refractivity contribution is -0.0453. The number of nitrogens with zero attached hydrogens (tertiary/aromatic N) is 1. The molecule has 31 heavy (non-hydrogen) atoms. The number of amides is 2. The molecule has 0 saturated carbocycles. The first kappa shape index (κ1) is 21.8. The Kier molecular flexibility index (Phi) is 7.17. The number of carbonyl (C=O) groups is 3. The van der Waals surface area contributed by atoms with Crippen molar-refractivity contribution in [2.75, 3.05) is 6.61 Å². The van der Waals surface area contributed by atoms with Gasteiger partial charge in [-0.05, 0) is 24.3 Å². The Morgan fingerprint density at radius 2 is 1.55 bits per heavy atom. The third-order valence-corrected chi connectivity index (χ3v) is 4.37. The molecule has 1 fully saturated rings. The first-order valence-corrected chi connectivity index (χ1v) is 9.46. The predicted octanol–water partition coefficient (Wildman–Crippen LogP) is 1.17. The van der Waals surface area contributed by atoms with Crippen molar-refractivity contribution < 1.29 is 28.6 Å². The van der Waals surface area contributed by atoms with Crippen LogP contribution in [0.15, 0.2) is 65.7 Å². The van der Waals surface area contributed by atoms with Gasteiger partial charge in [0.15, 0.2) is 5.96 Å². The lowest BCUT2D eigenvalue weighted by Crippen LogP contribution is -2.36. The van der Waals surface area contributed by atoms with Crippen molar-refractivity contribution in [3.63, 3.8) is 0 Å². The number of hydrogen-bond acceptors (Lipinski definition) is 6. The Bertz CT molecular complexity index is 947. The molecule has 5 N–H and O–H groups in total. The van der Waals surface area contributed by atoms with Crippen molar-refractivity contribution in [1.82, 2.24) is 5.32 Å². The van der Waals surface area contributed by atoms with Gasteiger partial charge < -0.3 is 31.0 Å². The summed E-state index contributed by atoms with van der Waals surface area (Å²) < 4.78 is 16.6. The molecule has 1 heterocycles. The zero-order valence-corrected chi connectivity index (χ0v) is 16.5. The van der Waals surface area contributed by atoms with Crippen LogP contribution in [-0.4, -0.2) is 49.0 Å². The van der Waals surface area contributed by atoms with Crippen LogP contribution < -0.4 is 16.8 Å². The number of benzene rings is 2. The van der Waals surface area contributed by atoms with E-state index < -0.39 is 42.4 Å². The van der Waals surface area contributed by atoms with Gasteiger partial charge in [-0.2, -0.15) is 4.99 Å². The zero-order valence-electron chi connectivity index (χ0n) is 16.5. The highest BCUT2D eigenvalue weighted by molar-refractivity contribution is 5.91. The number of hydrogen-bond donors (Lipinski definition) is 3. The molecular weight excluding hydrogens is 404 g/mol. The molecule has 0 bridgehead atoms. The number of guanidine groups is 1. The van der Waals surface area contributed by atoms with E-state index in [1.807, 2.05) is 0 Å². The minimum absolute atomic E-state index is 0.123. The molecule has 2 amide bonds. The van der Waals surface area contributed by atoms with Crippen LogP contribution in [0.4, 0.5) is 4.79 Å². The van der Waals surface area contributed by atoms with Gasteiger partial charge in [0.25, 0.3) is 0 Å². The van der Waals surface area contributed by atoms with E-state index in [4.69, 9.17) is 25.7 Å². The lowest BCUT2D eigenvalue weighted by atomic mass is 10.1. The van der Waals surface area contributed by atoms with Crippen LogP contribution in [0, 0.1) is 0 Å². The molecule has 2 aromatic carbocycles. The molecule has 3 rings (SSSR count). The summed E-state index contributed by atoms with van der Waals surface area (Å²) >= 11 is 0. The Hall–Kier alpha value is -3.92. The van der Waals surface area contributed by atoms with Gasteiger partial charge in [0.2, 0.25) is 0 Å². The number of nitrogens with two attached hydrogens (primary N) is 2. The first-order valence-electron chi connectivity index (χ1n) is 9.46. The smallest absolute Gasteiger partial charge is 0.346 e. The van der Waals surface area contributed by atoms with Crippen LogP contribution in [-0.2, 0) is 14.2 Å². The first-order chi connectivity index (χ1) is 14.9. The molecule has 3 atom stereocenters. The molecule has 0 unspecified atom stereocenters. The average Bonchev–Trinajstić information content (AvgIpc) is 3.13. The van der Waals surface area contributed by atoms with E-state index in [1.165, 1.54) is 0 Å². The number of rotatable bonds is 6. The van der Waals surface area contributed by atoms with E-state index in [0.29, 0.717) is 11.1 Å². The number of esters is 2. The number of nitrogens with one attached hydrogen (secondary N) is 1. The van der Waals surface area contributed by atoms with Crippen LogP contribution in [0.5, 0.6) is 0 Å². The SMILES string of the molecule is NC(N)=NC(=O)N[C@H]1C[C@@H](OC(=O)c2ccccc2)[C@@H](COC(=O)c2ccccc2)O1. The molecule has 0 spiro atoms. The fraction of sp³-hybridized carbons (Fsp3) is 0.238. The molecule has 0 radical (unpaired) electrons. The van der Waals surface area contributed by atoms with Crippen molar-refractivity contribution in [3.05, 3.63) is 71.8 Å². The molecule has 162 valence electrons. The summed E-state index contributed by atoms with van der Waals surface area (Å²) in [6.45, 7) is -0.185. The Labute approximate surface area is 178 Å². The molecule has 2 aromatic rings. The molecular formula is C21H22N4O6. The largest absolute Gasteiger partial charge is 0.459 e. The van der Waals surface area contributed by atoms with Gasteiger partial charge in [-0.15, -0.1) is 0 Å². The standard InChI is InChI=1S/C21H22N4O6/c22-20(23)25-21(28)24-17-11-15(31-19(27)14-9-5-2-6-10-14)16(30-17)12-29-18(26)13-7-3-1-4-8-13/h1-10,15-17H,11-12H2,(H5,22,23,24,25,28)/t15-,16-,17-/m1/s1. The Morgan fingerprint density at radius 1 is 0.968 bits per heavy atom. The van der Waals surface area contributed by atoms with Crippen molar-refractivity contribution in [1.29, 1.82) is 0 Å². The molecule has 0 aromatic heterocycles. The summed E-state index contributed by atoms with van der Waals surface area (Å²) in [5, 5.41) is 2.46. The maximum atomic E-state index is 12.5. The van der Waals surface area contributed by atoms with Gasteiger partial charge in [-0.25, -0.2) is 14.4 Å². The minimum atomic E-state index is -0.843. The van der Waals surface area contributed by atoms with Gasteiger partial charge in [0.05, 0.1) is 11.1 Å². The van der Waals surface area contributed by atoms with Gasteiger partial charge in [-0.3, -0.25) is 0 Å². The molecule has 1 saturated heterocycles. The predicted molar refractivity (Wildman–Crippen MR) is 110 cm³/mol. The highest BCUT2D eigenvalue weighted by Crippen LogP contribution is 2.24. The highest BCUT2D eigenvalue weighted by Gasteiger charge is 2.39. The second-order valence-corrected chi connectivity index (χ2v) is 6.66. The lowest BCUT2D eigenvalue weighted by Gasteiger charge is -2.19. The van der Waals surface area contributed by atoms with Gasteiger partial charge in [0, 0.05) is 6.42 Å². The van der Waals surface area contributed by atoms with E-state index in [2.05, 4.69) is 10.3 Å². The Balaban J connectivity index is 1.66. The quantitative estimate of drug-likeness (QED) is 0.353. The van der Waals surface area contributed by atoms with Crippen LogP contribution in [0.1, 0.15) is 27.1 Å². The maximum Gasteiger partial charge on any atom is 0.346 e. The van der Waals surface area contributed by atoms with Crippen molar-refractivity contribution in [2.24, 2.45) is 16.5 Å². The second kappa shape index (κ2) is 10.2. The normalized spacial score (nSPS) is 19.8. The number of aliphatic imine (C=N–C) groups is 1. The highest BCUT2D eigenvalue weighted by atomic mass is 16.6. The Morgan fingerprint density at radius 3 is 2.13 bits per heavy atom. The number of carbonyl (C=O) groups excluding carboxylic acids is 3. The minimum Gasteiger partial charge on any atom is -0.459 e. The summed E-state index contributed by atoms with van der Waals surface area (Å²) in [5.41, 5.74) is 11.1. The fourth-order valence-electron chi connectivity index (χ4n) is 2.96. The summed E-state index contributed by atoms with van der Waals surface area (Å²) in [7, 11) is 0. The second-order valence-electron chi connectivity index (χ2n) is 6.66. The molecule has 0 aliphatic carbocycles. The van der Waals surface area contributed by atoms with E-state index in [-0.39, 0.29) is 13.0 Å². The molecule has 1 aliphatic rings. The van der Waals surface area contributed by atoms with Crippen LogP contribution in [0.3, 0.4) is 0 Å². The zero-order chi connectivity index (χ0) is 22.2. The van der Waals surface area contributed by atoms with Crippen molar-refractivity contribution >= 4 is 23.9 Å². The topological polar surface area (TPSA) is 155 Å². The third kappa shape index (κ3) is 6.28. The average molecular weight is 426 g/mol. The monoisotopic (exact) mass is 426 g/mol. The van der Waals surface area contributed by atoms with E-state index in [1.54, 1.807) is 60.7 Å². The molecule has 10 nitrogen and oxygen atoms in total. The summed E-state index contributed by atoms with van der Waals surface area (Å²) in [4.78, 5) is 39.8. The number of urea groups is 1. The summed E-state index contributed by atoms with van der Waals surface area (Å²) in [6.07, 6.45) is -2.30. The van der Waals surface area contributed by atoms with E-state index >= 15 is 0 Å². The van der Waals surface area contributed by atoms with Crippen molar-refractivity contribution in [3.8, 4) is 0 Å². The van der Waals surface area contributed by atoms with Gasteiger partial charge in [0.1, 0.15) is 25.0 Å². The van der Waals surface area contributed by atoms with Crippen LogP contribution in [0.2, 0.25) is 0 Å². The van der Waals surface area contributed by atoms with Crippen LogP contribution in [0.25, 0.3) is 0 Å².